The Labute approximate surface area is 160 Å². The maximum Gasteiger partial charge on any atom is 0.225 e. The molecule has 1 atom stereocenters. The Bertz CT molecular complexity index is 1170. The number of hydrogen-bond donors (Lipinski definition) is 1. The Morgan fingerprint density at radius 1 is 1.21 bits per heavy atom. The number of rotatable bonds is 4. The minimum atomic E-state index is -0.455. The number of benzene rings is 1. The van der Waals surface area contributed by atoms with Gasteiger partial charge in [-0.1, -0.05) is 18.2 Å². The molecule has 1 aliphatic rings. The van der Waals surface area contributed by atoms with Gasteiger partial charge in [-0.2, -0.15) is 10.2 Å². The number of carbonyl (C=O) groups excluding carboxylic acids is 1. The van der Waals surface area contributed by atoms with E-state index in [-0.39, 0.29) is 12.3 Å². The molecule has 4 heterocycles. The molecule has 0 radical (unpaired) electrons. The summed E-state index contributed by atoms with van der Waals surface area (Å²) in [6.07, 6.45) is 4.92. The number of aryl methyl sites for hydroxylation is 1. The molecule has 0 fully saturated rings. The van der Waals surface area contributed by atoms with Gasteiger partial charge >= 0.3 is 0 Å². The van der Waals surface area contributed by atoms with Crippen molar-refractivity contribution >= 4 is 16.8 Å². The average molecular weight is 374 g/mol. The second-order valence-corrected chi connectivity index (χ2v) is 6.88. The van der Waals surface area contributed by atoms with Gasteiger partial charge in [-0.15, -0.1) is 0 Å². The predicted molar refractivity (Wildman–Crippen MR) is 101 cm³/mol. The third kappa shape index (κ3) is 2.81. The lowest BCUT2D eigenvalue weighted by Gasteiger charge is -2.22. The van der Waals surface area contributed by atoms with Crippen molar-refractivity contribution in [1.29, 1.82) is 0 Å². The number of nitrogens with two attached hydrogens (primary N) is 1. The van der Waals surface area contributed by atoms with Crippen molar-refractivity contribution in [2.75, 3.05) is 0 Å². The molecule has 9 heteroatoms. The van der Waals surface area contributed by atoms with Crippen LogP contribution in [0.4, 0.5) is 0 Å². The molecule has 0 aliphatic carbocycles. The highest BCUT2D eigenvalue weighted by Crippen LogP contribution is 2.30. The van der Waals surface area contributed by atoms with E-state index in [4.69, 9.17) is 5.73 Å². The van der Waals surface area contributed by atoms with E-state index >= 15 is 0 Å². The second-order valence-electron chi connectivity index (χ2n) is 6.88. The highest BCUT2D eigenvalue weighted by Gasteiger charge is 2.28. The summed E-state index contributed by atoms with van der Waals surface area (Å²) in [4.78, 5) is 25.0. The number of amides is 1. The molecule has 1 amide bonds. The number of nitrogens with zero attached hydrogens (tertiary/aromatic N) is 7. The Balaban J connectivity index is 1.64. The number of para-hydroxylation sites is 1. The summed E-state index contributed by atoms with van der Waals surface area (Å²) in [5.41, 5.74) is 7.05. The zero-order chi connectivity index (χ0) is 19.1. The van der Waals surface area contributed by atoms with Crippen LogP contribution in [0.3, 0.4) is 0 Å². The SMILES string of the molecule is NC(=O)Cc1nc(C2CCn3ncnc3C2)n(-c2cccc3cccnc23)n1. The van der Waals surface area contributed by atoms with E-state index in [1.54, 1.807) is 12.5 Å². The molecule has 28 heavy (non-hydrogen) atoms. The van der Waals surface area contributed by atoms with Gasteiger partial charge in [-0.25, -0.2) is 14.6 Å². The van der Waals surface area contributed by atoms with Gasteiger partial charge in [0.1, 0.15) is 18.0 Å². The van der Waals surface area contributed by atoms with Crippen LogP contribution in [0.15, 0.2) is 42.9 Å². The van der Waals surface area contributed by atoms with Crippen LogP contribution in [-0.4, -0.2) is 40.4 Å². The smallest absolute Gasteiger partial charge is 0.225 e. The van der Waals surface area contributed by atoms with Gasteiger partial charge in [0.25, 0.3) is 0 Å². The van der Waals surface area contributed by atoms with E-state index in [0.29, 0.717) is 12.2 Å². The molecule has 0 spiro atoms. The third-order valence-electron chi connectivity index (χ3n) is 5.03. The zero-order valence-corrected chi connectivity index (χ0v) is 15.1. The predicted octanol–water partition coefficient (Wildman–Crippen LogP) is 1.16. The lowest BCUT2D eigenvalue weighted by atomic mass is 9.97. The standard InChI is InChI=1S/C19H18N8O/c20-15(28)10-16-24-19(13-6-8-26-17(9-13)22-11-23-26)27(25-16)14-5-1-3-12-4-2-7-21-18(12)14/h1-5,7,11,13H,6,8-10H2,(H2,20,28). The van der Waals surface area contributed by atoms with Crippen molar-refractivity contribution in [3.05, 3.63) is 60.3 Å². The fraction of sp³-hybridized carbons (Fsp3) is 0.263. The van der Waals surface area contributed by atoms with Crippen molar-refractivity contribution in [3.63, 3.8) is 0 Å². The Kier molecular flexibility index (Phi) is 3.85. The van der Waals surface area contributed by atoms with Gasteiger partial charge in [0.2, 0.25) is 5.91 Å². The van der Waals surface area contributed by atoms with Gasteiger partial charge in [0.15, 0.2) is 5.82 Å². The highest BCUT2D eigenvalue weighted by molar-refractivity contribution is 5.86. The largest absolute Gasteiger partial charge is 0.369 e. The van der Waals surface area contributed by atoms with E-state index in [1.807, 2.05) is 39.7 Å². The van der Waals surface area contributed by atoms with Crippen LogP contribution < -0.4 is 5.73 Å². The van der Waals surface area contributed by atoms with Crippen molar-refractivity contribution in [2.45, 2.75) is 31.7 Å². The van der Waals surface area contributed by atoms with Crippen LogP contribution in [-0.2, 0) is 24.2 Å². The van der Waals surface area contributed by atoms with E-state index in [1.165, 1.54) is 0 Å². The number of aromatic nitrogens is 7. The maximum atomic E-state index is 11.4. The molecule has 140 valence electrons. The monoisotopic (exact) mass is 374 g/mol. The van der Waals surface area contributed by atoms with Gasteiger partial charge in [0, 0.05) is 30.5 Å². The second kappa shape index (κ2) is 6.52. The van der Waals surface area contributed by atoms with E-state index in [9.17, 15) is 4.79 Å². The Hall–Kier alpha value is -3.62. The fourth-order valence-corrected chi connectivity index (χ4v) is 3.75. The van der Waals surface area contributed by atoms with Crippen molar-refractivity contribution in [2.24, 2.45) is 5.73 Å². The first-order valence-electron chi connectivity index (χ1n) is 9.14. The molecule has 4 aromatic rings. The summed E-state index contributed by atoms with van der Waals surface area (Å²) >= 11 is 0. The van der Waals surface area contributed by atoms with Crippen molar-refractivity contribution in [3.8, 4) is 5.69 Å². The topological polar surface area (TPSA) is 117 Å². The quantitative estimate of drug-likeness (QED) is 0.573. The maximum absolute atomic E-state index is 11.4. The molecule has 3 aromatic heterocycles. The first-order valence-corrected chi connectivity index (χ1v) is 9.14. The summed E-state index contributed by atoms with van der Waals surface area (Å²) in [6.45, 7) is 0.770. The molecular formula is C19H18N8O. The number of carbonyl (C=O) groups is 1. The molecule has 1 unspecified atom stereocenters. The van der Waals surface area contributed by atoms with Crippen LogP contribution in [0.1, 0.15) is 29.8 Å². The van der Waals surface area contributed by atoms with Gasteiger partial charge < -0.3 is 5.73 Å². The average Bonchev–Trinajstić information content (AvgIpc) is 3.33. The molecular weight excluding hydrogens is 356 g/mol. The molecule has 5 rings (SSSR count). The molecule has 1 aromatic carbocycles. The number of primary amides is 1. The summed E-state index contributed by atoms with van der Waals surface area (Å²) in [5.74, 6) is 1.80. The highest BCUT2D eigenvalue weighted by atomic mass is 16.1. The van der Waals surface area contributed by atoms with E-state index < -0.39 is 5.91 Å². The molecule has 2 N–H and O–H groups in total. The van der Waals surface area contributed by atoms with Crippen LogP contribution >= 0.6 is 0 Å². The third-order valence-corrected chi connectivity index (χ3v) is 5.03. The van der Waals surface area contributed by atoms with Crippen LogP contribution in [0.25, 0.3) is 16.6 Å². The van der Waals surface area contributed by atoms with Crippen LogP contribution in [0.5, 0.6) is 0 Å². The summed E-state index contributed by atoms with van der Waals surface area (Å²) in [7, 11) is 0. The first-order chi connectivity index (χ1) is 13.7. The number of pyridine rings is 1. The number of fused-ring (bicyclic) bond motifs is 2. The van der Waals surface area contributed by atoms with Crippen LogP contribution in [0, 0.1) is 0 Å². The number of hydrogen-bond acceptors (Lipinski definition) is 6. The molecule has 0 bridgehead atoms. The van der Waals surface area contributed by atoms with E-state index in [0.717, 1.165) is 41.2 Å². The van der Waals surface area contributed by atoms with Crippen LogP contribution in [0.2, 0.25) is 0 Å². The minimum absolute atomic E-state index is 0.00109. The lowest BCUT2D eigenvalue weighted by Crippen LogP contribution is -2.22. The summed E-state index contributed by atoms with van der Waals surface area (Å²) in [5, 5.41) is 9.87. The van der Waals surface area contributed by atoms with Crippen molar-refractivity contribution < 1.29 is 4.79 Å². The zero-order valence-electron chi connectivity index (χ0n) is 15.1. The van der Waals surface area contributed by atoms with Gasteiger partial charge in [0.05, 0.1) is 17.6 Å². The Morgan fingerprint density at radius 2 is 2.11 bits per heavy atom. The van der Waals surface area contributed by atoms with Crippen molar-refractivity contribution in [1.82, 2.24) is 34.5 Å². The summed E-state index contributed by atoms with van der Waals surface area (Å²) in [6, 6.07) is 9.86. The van der Waals surface area contributed by atoms with Gasteiger partial charge in [-0.3, -0.25) is 14.5 Å². The summed E-state index contributed by atoms with van der Waals surface area (Å²) < 4.78 is 3.73. The molecule has 9 nitrogen and oxygen atoms in total. The lowest BCUT2D eigenvalue weighted by molar-refractivity contribution is -0.117. The Morgan fingerprint density at radius 3 is 3.00 bits per heavy atom. The van der Waals surface area contributed by atoms with E-state index in [2.05, 4.69) is 25.1 Å². The molecule has 0 saturated heterocycles. The minimum Gasteiger partial charge on any atom is -0.369 e. The first kappa shape index (κ1) is 16.5. The van der Waals surface area contributed by atoms with Gasteiger partial charge in [-0.05, 0) is 18.6 Å². The molecule has 1 aliphatic heterocycles. The molecule has 0 saturated carbocycles. The fourth-order valence-electron chi connectivity index (χ4n) is 3.75. The normalized spacial score (nSPS) is 16.2.